The molecule has 30 heavy (non-hydrogen) atoms. The molecule has 0 aliphatic heterocycles. The SMILES string of the molecule is CC(=O)OC1CCC2(C)C(CCC3C4CCC(=CC#N)C4(C)CC(OC(C)=O)C32)C1. The molecule has 5 nitrogen and oxygen atoms in total. The van der Waals surface area contributed by atoms with Crippen LogP contribution in [-0.2, 0) is 19.1 Å². The summed E-state index contributed by atoms with van der Waals surface area (Å²) >= 11 is 0. The summed E-state index contributed by atoms with van der Waals surface area (Å²) in [5.41, 5.74) is 1.30. The minimum absolute atomic E-state index is 0.0230. The minimum atomic E-state index is -0.205. The van der Waals surface area contributed by atoms with E-state index >= 15 is 0 Å². The largest absolute Gasteiger partial charge is 0.463 e. The molecule has 0 N–H and O–H groups in total. The Kier molecular flexibility index (Phi) is 5.49. The van der Waals surface area contributed by atoms with Crippen LogP contribution in [0.25, 0.3) is 0 Å². The van der Waals surface area contributed by atoms with Gasteiger partial charge >= 0.3 is 11.9 Å². The van der Waals surface area contributed by atoms with Crippen LogP contribution in [0.1, 0.15) is 79.1 Å². The van der Waals surface area contributed by atoms with E-state index in [9.17, 15) is 14.9 Å². The van der Waals surface area contributed by atoms with E-state index in [1.54, 1.807) is 6.08 Å². The number of allylic oxidation sites excluding steroid dienone is 2. The molecular weight excluding hydrogens is 378 g/mol. The molecule has 4 saturated carbocycles. The standard InChI is InChI=1S/C25H35NO4/c1-15(27)29-19-9-11-24(3)18(13-19)5-7-20-21-8-6-17(10-12-26)25(21,4)14-22(23(20)24)30-16(2)28/h10,18-23H,5-9,11,13-14H2,1-4H3. The Morgan fingerprint density at radius 2 is 1.83 bits per heavy atom. The van der Waals surface area contributed by atoms with Crippen molar-refractivity contribution >= 4 is 11.9 Å². The van der Waals surface area contributed by atoms with Crippen molar-refractivity contribution < 1.29 is 19.1 Å². The number of hydrogen-bond donors (Lipinski definition) is 0. The summed E-state index contributed by atoms with van der Waals surface area (Å²) in [5, 5.41) is 9.31. The number of nitrogens with zero attached hydrogens (tertiary/aromatic N) is 1. The third-order valence-electron chi connectivity index (χ3n) is 9.26. The van der Waals surface area contributed by atoms with Crippen LogP contribution in [0.15, 0.2) is 11.6 Å². The van der Waals surface area contributed by atoms with Crippen LogP contribution in [0.2, 0.25) is 0 Å². The predicted octanol–water partition coefficient (Wildman–Crippen LogP) is 4.95. The van der Waals surface area contributed by atoms with Crippen molar-refractivity contribution in [3.63, 3.8) is 0 Å². The van der Waals surface area contributed by atoms with Crippen molar-refractivity contribution in [2.45, 2.75) is 91.3 Å². The normalized spacial score (nSPS) is 46.2. The van der Waals surface area contributed by atoms with E-state index < -0.39 is 0 Å². The molecule has 4 aliphatic carbocycles. The van der Waals surface area contributed by atoms with Crippen molar-refractivity contribution in [3.8, 4) is 6.07 Å². The first-order valence-electron chi connectivity index (χ1n) is 11.6. The maximum Gasteiger partial charge on any atom is 0.302 e. The third-order valence-corrected chi connectivity index (χ3v) is 9.26. The van der Waals surface area contributed by atoms with Gasteiger partial charge in [0, 0.05) is 25.8 Å². The van der Waals surface area contributed by atoms with Crippen molar-refractivity contribution in [2.75, 3.05) is 0 Å². The first-order chi connectivity index (χ1) is 14.2. The molecule has 0 saturated heterocycles. The molecule has 8 unspecified atom stereocenters. The number of carbonyl (C=O) groups is 2. The van der Waals surface area contributed by atoms with E-state index in [0.29, 0.717) is 23.7 Å². The molecule has 4 aliphatic rings. The van der Waals surface area contributed by atoms with E-state index in [1.807, 2.05) is 0 Å². The van der Waals surface area contributed by atoms with Crippen LogP contribution in [0.3, 0.4) is 0 Å². The predicted molar refractivity (Wildman–Crippen MR) is 112 cm³/mol. The summed E-state index contributed by atoms with van der Waals surface area (Å²) in [6.45, 7) is 7.71. The van der Waals surface area contributed by atoms with E-state index in [1.165, 1.54) is 19.4 Å². The molecule has 0 aromatic heterocycles. The molecule has 164 valence electrons. The van der Waals surface area contributed by atoms with Gasteiger partial charge in [-0.25, -0.2) is 0 Å². The lowest BCUT2D eigenvalue weighted by Crippen LogP contribution is -2.59. The molecule has 0 aromatic carbocycles. The lowest BCUT2D eigenvalue weighted by molar-refractivity contribution is -0.194. The zero-order valence-corrected chi connectivity index (χ0v) is 18.8. The van der Waals surface area contributed by atoms with Gasteiger partial charge in [0.2, 0.25) is 0 Å². The fourth-order valence-corrected chi connectivity index (χ4v) is 8.13. The second-order valence-electron chi connectivity index (χ2n) is 10.7. The van der Waals surface area contributed by atoms with Gasteiger partial charge < -0.3 is 9.47 Å². The smallest absolute Gasteiger partial charge is 0.302 e. The third kappa shape index (κ3) is 3.37. The van der Waals surface area contributed by atoms with Gasteiger partial charge in [0.1, 0.15) is 12.2 Å². The van der Waals surface area contributed by atoms with Crippen LogP contribution >= 0.6 is 0 Å². The summed E-state index contributed by atoms with van der Waals surface area (Å²) in [6, 6.07) is 2.26. The minimum Gasteiger partial charge on any atom is -0.463 e. The maximum absolute atomic E-state index is 12.1. The zero-order valence-electron chi connectivity index (χ0n) is 18.8. The van der Waals surface area contributed by atoms with E-state index in [2.05, 4.69) is 19.9 Å². The fourth-order valence-electron chi connectivity index (χ4n) is 8.13. The van der Waals surface area contributed by atoms with E-state index in [4.69, 9.17) is 9.47 Å². The maximum atomic E-state index is 12.1. The van der Waals surface area contributed by atoms with Gasteiger partial charge in [0.25, 0.3) is 0 Å². The summed E-state index contributed by atoms with van der Waals surface area (Å²) in [5.74, 6) is 1.52. The Bertz CT molecular complexity index is 797. The van der Waals surface area contributed by atoms with Gasteiger partial charge in [0.05, 0.1) is 6.07 Å². The van der Waals surface area contributed by atoms with Crippen LogP contribution in [0.4, 0.5) is 0 Å². The van der Waals surface area contributed by atoms with Crippen LogP contribution in [0.5, 0.6) is 0 Å². The number of esters is 2. The van der Waals surface area contributed by atoms with Gasteiger partial charge in [0.15, 0.2) is 0 Å². The fraction of sp³-hybridized carbons (Fsp3) is 0.800. The Balaban J connectivity index is 1.67. The highest BCUT2D eigenvalue weighted by Crippen LogP contribution is 2.67. The molecule has 0 aromatic rings. The monoisotopic (exact) mass is 413 g/mol. The molecule has 0 amide bonds. The van der Waals surface area contributed by atoms with Crippen LogP contribution < -0.4 is 0 Å². The van der Waals surface area contributed by atoms with Gasteiger partial charge in [-0.15, -0.1) is 0 Å². The highest BCUT2D eigenvalue weighted by molar-refractivity contribution is 5.66. The number of carbonyl (C=O) groups excluding carboxylic acids is 2. The molecule has 4 fully saturated rings. The molecule has 0 radical (unpaired) electrons. The first-order valence-corrected chi connectivity index (χ1v) is 11.6. The summed E-state index contributed by atoms with van der Waals surface area (Å²) in [6.07, 6.45) is 9.72. The van der Waals surface area contributed by atoms with Crippen molar-refractivity contribution in [1.82, 2.24) is 0 Å². The van der Waals surface area contributed by atoms with Gasteiger partial charge in [-0.2, -0.15) is 5.26 Å². The molecule has 0 heterocycles. The summed E-state index contributed by atoms with van der Waals surface area (Å²) in [7, 11) is 0. The second-order valence-corrected chi connectivity index (χ2v) is 10.7. The summed E-state index contributed by atoms with van der Waals surface area (Å²) < 4.78 is 11.6. The number of rotatable bonds is 2. The topological polar surface area (TPSA) is 76.4 Å². The summed E-state index contributed by atoms with van der Waals surface area (Å²) in [4.78, 5) is 23.6. The highest BCUT2D eigenvalue weighted by atomic mass is 16.5. The molecule has 4 rings (SSSR count). The first kappa shape index (κ1) is 21.4. The van der Waals surface area contributed by atoms with Crippen LogP contribution in [0, 0.1) is 45.8 Å². The average molecular weight is 414 g/mol. The number of ether oxygens (including phenoxy) is 2. The van der Waals surface area contributed by atoms with Gasteiger partial charge in [-0.05, 0) is 80.0 Å². The van der Waals surface area contributed by atoms with Crippen molar-refractivity contribution in [2.24, 2.45) is 34.5 Å². The van der Waals surface area contributed by atoms with Gasteiger partial charge in [-0.3, -0.25) is 9.59 Å². The highest BCUT2D eigenvalue weighted by Gasteiger charge is 2.63. The quantitative estimate of drug-likeness (QED) is 0.473. The van der Waals surface area contributed by atoms with E-state index in [-0.39, 0.29) is 35.0 Å². The Labute approximate surface area is 180 Å². The van der Waals surface area contributed by atoms with Crippen molar-refractivity contribution in [3.05, 3.63) is 11.6 Å². The molecule has 0 bridgehead atoms. The Morgan fingerprint density at radius 1 is 1.10 bits per heavy atom. The Hall–Kier alpha value is -1.83. The average Bonchev–Trinajstić information content (AvgIpc) is 2.97. The zero-order chi connectivity index (χ0) is 21.7. The van der Waals surface area contributed by atoms with E-state index in [0.717, 1.165) is 51.4 Å². The number of hydrogen-bond acceptors (Lipinski definition) is 5. The lowest BCUT2D eigenvalue weighted by Gasteiger charge is -2.62. The van der Waals surface area contributed by atoms with Crippen LogP contribution in [-0.4, -0.2) is 24.1 Å². The molecular formula is C25H35NO4. The number of fused-ring (bicyclic) bond motifs is 5. The Morgan fingerprint density at radius 3 is 2.50 bits per heavy atom. The van der Waals surface area contributed by atoms with Crippen molar-refractivity contribution in [1.29, 1.82) is 5.26 Å². The van der Waals surface area contributed by atoms with Gasteiger partial charge in [-0.1, -0.05) is 19.4 Å². The second kappa shape index (κ2) is 7.70. The molecule has 0 spiro atoms. The lowest BCUT2D eigenvalue weighted by atomic mass is 9.44. The molecule has 5 heteroatoms. The number of nitriles is 1. The molecule has 8 atom stereocenters.